The zero-order valence-electron chi connectivity index (χ0n) is 14.3. The molecule has 2 aromatic rings. The van der Waals surface area contributed by atoms with E-state index in [-0.39, 0.29) is 17.7 Å². The number of hydrogen-bond donors (Lipinski definition) is 3. The van der Waals surface area contributed by atoms with Gasteiger partial charge in [0.25, 0.3) is 11.8 Å². The minimum Gasteiger partial charge on any atom is -0.352 e. The van der Waals surface area contributed by atoms with Gasteiger partial charge >= 0.3 is 0 Å². The standard InChI is InChI=1S/C19H21N3O3/c1-3-12-20-18(24)14-4-10-17(11-5-14)22-19(25)15-6-8-16(9-7-15)21-13(2)23/h4-11H,3,12H2,1-2H3,(H,20,24)(H,21,23)(H,22,25). The van der Waals surface area contributed by atoms with Crippen LogP contribution in [0.3, 0.4) is 0 Å². The monoisotopic (exact) mass is 339 g/mol. The molecule has 6 nitrogen and oxygen atoms in total. The van der Waals surface area contributed by atoms with Crippen LogP contribution >= 0.6 is 0 Å². The molecule has 0 saturated heterocycles. The van der Waals surface area contributed by atoms with E-state index in [1.54, 1.807) is 48.5 Å². The fraction of sp³-hybridized carbons (Fsp3) is 0.211. The molecule has 2 aromatic carbocycles. The Balaban J connectivity index is 1.98. The first-order valence-corrected chi connectivity index (χ1v) is 8.07. The molecule has 0 heterocycles. The number of nitrogens with one attached hydrogen (secondary N) is 3. The van der Waals surface area contributed by atoms with Crippen LogP contribution in [-0.4, -0.2) is 24.3 Å². The molecule has 0 aliphatic rings. The maximum atomic E-state index is 12.2. The summed E-state index contributed by atoms with van der Waals surface area (Å²) < 4.78 is 0. The van der Waals surface area contributed by atoms with Crippen molar-refractivity contribution in [2.45, 2.75) is 20.3 Å². The van der Waals surface area contributed by atoms with Crippen molar-refractivity contribution in [2.24, 2.45) is 0 Å². The summed E-state index contributed by atoms with van der Waals surface area (Å²) in [4.78, 5) is 35.1. The zero-order chi connectivity index (χ0) is 18.2. The van der Waals surface area contributed by atoms with Crippen molar-refractivity contribution in [3.8, 4) is 0 Å². The minimum atomic E-state index is -0.266. The van der Waals surface area contributed by atoms with E-state index in [1.807, 2.05) is 6.92 Å². The van der Waals surface area contributed by atoms with Crippen molar-refractivity contribution in [1.82, 2.24) is 5.32 Å². The third-order valence-electron chi connectivity index (χ3n) is 3.41. The first-order chi connectivity index (χ1) is 12.0. The van der Waals surface area contributed by atoms with Gasteiger partial charge in [0, 0.05) is 36.0 Å². The van der Waals surface area contributed by atoms with Gasteiger partial charge in [0.05, 0.1) is 0 Å². The Morgan fingerprint density at radius 3 is 1.72 bits per heavy atom. The lowest BCUT2D eigenvalue weighted by atomic mass is 10.1. The highest BCUT2D eigenvalue weighted by Crippen LogP contribution is 2.14. The Labute approximate surface area is 146 Å². The molecule has 0 unspecified atom stereocenters. The largest absolute Gasteiger partial charge is 0.352 e. The molecule has 0 aliphatic carbocycles. The summed E-state index contributed by atoms with van der Waals surface area (Å²) in [7, 11) is 0. The van der Waals surface area contributed by atoms with Crippen molar-refractivity contribution in [3.63, 3.8) is 0 Å². The van der Waals surface area contributed by atoms with Crippen LogP contribution in [-0.2, 0) is 4.79 Å². The van der Waals surface area contributed by atoms with Gasteiger partial charge in [0.1, 0.15) is 0 Å². The minimum absolute atomic E-state index is 0.131. The lowest BCUT2D eigenvalue weighted by Gasteiger charge is -2.08. The summed E-state index contributed by atoms with van der Waals surface area (Å²) in [6, 6.07) is 13.3. The average molecular weight is 339 g/mol. The number of carbonyl (C=O) groups is 3. The molecule has 130 valence electrons. The highest BCUT2D eigenvalue weighted by Gasteiger charge is 2.08. The maximum Gasteiger partial charge on any atom is 0.255 e. The van der Waals surface area contributed by atoms with Crippen molar-refractivity contribution in [1.29, 1.82) is 0 Å². The second-order valence-corrected chi connectivity index (χ2v) is 5.55. The molecule has 0 radical (unpaired) electrons. The zero-order valence-corrected chi connectivity index (χ0v) is 14.3. The Morgan fingerprint density at radius 1 is 0.760 bits per heavy atom. The van der Waals surface area contributed by atoms with Crippen LogP contribution < -0.4 is 16.0 Å². The second kappa shape index (κ2) is 8.63. The first-order valence-electron chi connectivity index (χ1n) is 8.07. The molecule has 3 amide bonds. The summed E-state index contributed by atoms with van der Waals surface area (Å²) >= 11 is 0. The highest BCUT2D eigenvalue weighted by atomic mass is 16.2. The average Bonchev–Trinajstić information content (AvgIpc) is 2.60. The normalized spacial score (nSPS) is 10.0. The lowest BCUT2D eigenvalue weighted by Crippen LogP contribution is -2.23. The molecule has 25 heavy (non-hydrogen) atoms. The van der Waals surface area contributed by atoms with Crippen molar-refractivity contribution < 1.29 is 14.4 Å². The van der Waals surface area contributed by atoms with Crippen molar-refractivity contribution >= 4 is 29.1 Å². The fourth-order valence-electron chi connectivity index (χ4n) is 2.16. The summed E-state index contributed by atoms with van der Waals surface area (Å²) in [5.74, 6) is -0.564. The van der Waals surface area contributed by atoms with E-state index >= 15 is 0 Å². The molecule has 0 atom stereocenters. The first kappa shape index (κ1) is 18.2. The van der Waals surface area contributed by atoms with Crippen LogP contribution in [0.25, 0.3) is 0 Å². The predicted molar refractivity (Wildman–Crippen MR) is 97.8 cm³/mol. The highest BCUT2D eigenvalue weighted by molar-refractivity contribution is 6.05. The lowest BCUT2D eigenvalue weighted by molar-refractivity contribution is -0.114. The van der Waals surface area contributed by atoms with E-state index in [2.05, 4.69) is 16.0 Å². The van der Waals surface area contributed by atoms with Gasteiger partial charge < -0.3 is 16.0 Å². The van der Waals surface area contributed by atoms with Crippen LogP contribution in [0.1, 0.15) is 41.0 Å². The number of hydrogen-bond acceptors (Lipinski definition) is 3. The van der Waals surface area contributed by atoms with Crippen LogP contribution in [0, 0.1) is 0 Å². The van der Waals surface area contributed by atoms with E-state index in [9.17, 15) is 14.4 Å². The number of rotatable bonds is 6. The molecular formula is C19H21N3O3. The Bertz CT molecular complexity index is 752. The molecule has 0 aliphatic heterocycles. The number of amides is 3. The number of benzene rings is 2. The number of carbonyl (C=O) groups excluding carboxylic acids is 3. The van der Waals surface area contributed by atoms with E-state index < -0.39 is 0 Å². The van der Waals surface area contributed by atoms with E-state index in [1.165, 1.54) is 6.92 Å². The van der Waals surface area contributed by atoms with Gasteiger partial charge in [-0.25, -0.2) is 0 Å². The quantitative estimate of drug-likeness (QED) is 0.756. The molecule has 0 spiro atoms. The molecule has 6 heteroatoms. The Morgan fingerprint density at radius 2 is 1.24 bits per heavy atom. The molecule has 0 saturated carbocycles. The second-order valence-electron chi connectivity index (χ2n) is 5.55. The molecule has 0 fully saturated rings. The summed E-state index contributed by atoms with van der Waals surface area (Å²) in [6.45, 7) is 4.04. The van der Waals surface area contributed by atoms with Crippen molar-refractivity contribution in [3.05, 3.63) is 59.7 Å². The van der Waals surface area contributed by atoms with E-state index in [0.29, 0.717) is 29.0 Å². The predicted octanol–water partition coefficient (Wildman–Crippen LogP) is 3.04. The summed E-state index contributed by atoms with van der Waals surface area (Å²) in [6.07, 6.45) is 0.876. The summed E-state index contributed by atoms with van der Waals surface area (Å²) in [5.41, 5.74) is 2.25. The van der Waals surface area contributed by atoms with Gasteiger partial charge in [-0.3, -0.25) is 14.4 Å². The SMILES string of the molecule is CCCNC(=O)c1ccc(NC(=O)c2ccc(NC(C)=O)cc2)cc1. The van der Waals surface area contributed by atoms with Gasteiger partial charge in [-0.2, -0.15) is 0 Å². The van der Waals surface area contributed by atoms with Crippen LogP contribution in [0.5, 0.6) is 0 Å². The third kappa shape index (κ3) is 5.46. The Hall–Kier alpha value is -3.15. The maximum absolute atomic E-state index is 12.2. The molecule has 0 bridgehead atoms. The smallest absolute Gasteiger partial charge is 0.255 e. The Kier molecular flexibility index (Phi) is 6.28. The van der Waals surface area contributed by atoms with Crippen molar-refractivity contribution in [2.75, 3.05) is 17.2 Å². The van der Waals surface area contributed by atoms with Gasteiger partial charge in [-0.15, -0.1) is 0 Å². The van der Waals surface area contributed by atoms with E-state index in [0.717, 1.165) is 6.42 Å². The molecule has 0 aromatic heterocycles. The third-order valence-corrected chi connectivity index (χ3v) is 3.41. The number of anilines is 2. The fourth-order valence-corrected chi connectivity index (χ4v) is 2.16. The topological polar surface area (TPSA) is 87.3 Å². The molecule has 3 N–H and O–H groups in total. The van der Waals surface area contributed by atoms with Gasteiger partial charge in [0.15, 0.2) is 0 Å². The van der Waals surface area contributed by atoms with Crippen LogP contribution in [0.4, 0.5) is 11.4 Å². The van der Waals surface area contributed by atoms with E-state index in [4.69, 9.17) is 0 Å². The summed E-state index contributed by atoms with van der Waals surface area (Å²) in [5, 5.41) is 8.21. The van der Waals surface area contributed by atoms with Gasteiger partial charge in [-0.05, 0) is 55.0 Å². The molecular weight excluding hydrogens is 318 g/mol. The van der Waals surface area contributed by atoms with Crippen LogP contribution in [0.2, 0.25) is 0 Å². The van der Waals surface area contributed by atoms with Gasteiger partial charge in [0.2, 0.25) is 5.91 Å². The van der Waals surface area contributed by atoms with Crippen LogP contribution in [0.15, 0.2) is 48.5 Å². The molecule has 2 rings (SSSR count). The van der Waals surface area contributed by atoms with Gasteiger partial charge in [-0.1, -0.05) is 6.92 Å².